The molecule has 0 bridgehead atoms. The molecule has 0 saturated carbocycles. The Kier molecular flexibility index (Phi) is 21.6. The van der Waals surface area contributed by atoms with Gasteiger partial charge in [0.25, 0.3) is 0 Å². The summed E-state index contributed by atoms with van der Waals surface area (Å²) in [5, 5.41) is 150. The van der Waals surface area contributed by atoms with E-state index in [1.165, 1.54) is 70.9 Å². The van der Waals surface area contributed by atoms with E-state index in [1.807, 2.05) is 0 Å². The summed E-state index contributed by atoms with van der Waals surface area (Å²) in [4.78, 5) is 48.9. The van der Waals surface area contributed by atoms with Crippen molar-refractivity contribution in [2.75, 3.05) is 48.3 Å². The number of phenolic OH excluding ortho intramolecular Hbond substituents is 4. The number of carbonyl (C=O) groups is 4. The van der Waals surface area contributed by atoms with Crippen molar-refractivity contribution in [2.45, 2.75) is 98.5 Å². The van der Waals surface area contributed by atoms with Gasteiger partial charge in [0.05, 0.1) is 40.1 Å². The van der Waals surface area contributed by atoms with E-state index in [1.54, 1.807) is 0 Å². The van der Waals surface area contributed by atoms with Crippen LogP contribution in [0.1, 0.15) is 17.5 Å². The van der Waals surface area contributed by atoms with Crippen molar-refractivity contribution in [3.63, 3.8) is 0 Å². The van der Waals surface area contributed by atoms with Crippen molar-refractivity contribution >= 4 is 47.0 Å². The van der Waals surface area contributed by atoms with Crippen LogP contribution in [0.15, 0.2) is 77.2 Å². The summed E-state index contributed by atoms with van der Waals surface area (Å²) < 4.78 is 77.2. The van der Waals surface area contributed by atoms with Gasteiger partial charge in [-0.1, -0.05) is 0 Å². The summed E-state index contributed by atoms with van der Waals surface area (Å²) in [5.74, 6) is -8.37. The highest BCUT2D eigenvalue weighted by molar-refractivity contribution is 5.91. The second-order valence-corrected chi connectivity index (χ2v) is 20.1. The Hall–Kier alpha value is -9.03. The number of rotatable bonds is 23. The zero-order valence-electron chi connectivity index (χ0n) is 47.7. The van der Waals surface area contributed by atoms with E-state index >= 15 is 0 Å². The lowest BCUT2D eigenvalue weighted by Gasteiger charge is -2.40. The van der Waals surface area contributed by atoms with Gasteiger partial charge in [-0.05, 0) is 59.7 Å². The fraction of sp³-hybridized carbons (Fsp3) is 0.397. The van der Waals surface area contributed by atoms with Crippen molar-refractivity contribution in [1.82, 2.24) is 0 Å². The zero-order chi connectivity index (χ0) is 65.4. The number of benzene rings is 4. The highest BCUT2D eigenvalue weighted by atomic mass is 16.7. The van der Waals surface area contributed by atoms with Gasteiger partial charge in [0.15, 0.2) is 34.5 Å². The fourth-order valence-corrected chi connectivity index (χ4v) is 9.24. The van der Waals surface area contributed by atoms with E-state index in [4.69, 9.17) is 71.1 Å². The lowest BCUT2D eigenvalue weighted by Crippen LogP contribution is -2.60. The molecule has 32 heteroatoms. The average molecular weight is 1270 g/mol. The number of ether oxygens (including phenoxy) is 13. The van der Waals surface area contributed by atoms with E-state index < -0.39 is 171 Å². The van der Waals surface area contributed by atoms with Crippen LogP contribution in [0.5, 0.6) is 63.2 Å². The number of aromatic hydroxyl groups is 4. The highest BCUT2D eigenvalue weighted by Gasteiger charge is 2.49. The number of hydrogen-bond acceptors (Lipinski definition) is 30. The number of methoxy groups -OCH3 is 4. The Bertz CT molecular complexity index is 3410. The average Bonchev–Trinajstić information content (AvgIpc) is 1.06. The molecule has 1 aromatic heterocycles. The molecule has 3 fully saturated rings. The lowest BCUT2D eigenvalue weighted by molar-refractivity contribution is -0.278. The Morgan fingerprint density at radius 3 is 1.33 bits per heavy atom. The first kappa shape index (κ1) is 66.9. The maximum atomic E-state index is 12.8. The van der Waals surface area contributed by atoms with Crippen molar-refractivity contribution in [1.29, 1.82) is 0 Å². The van der Waals surface area contributed by atoms with Crippen LogP contribution < -0.4 is 33.2 Å². The molecular weight excluding hydrogens is 1210 g/mol. The molecule has 15 atom stereocenters. The van der Waals surface area contributed by atoms with Crippen LogP contribution >= 0.6 is 0 Å². The number of phenols is 4. The molecule has 14 N–H and O–H groups in total. The van der Waals surface area contributed by atoms with Crippen LogP contribution in [-0.2, 0) is 47.6 Å². The maximum absolute atomic E-state index is 12.8. The number of aliphatic hydroxyl groups is 9. The summed E-state index contributed by atoms with van der Waals surface area (Å²) in [7, 11) is 5.20. The summed E-state index contributed by atoms with van der Waals surface area (Å²) in [5.41, 5.74) is 0.221. The zero-order valence-corrected chi connectivity index (χ0v) is 47.7. The van der Waals surface area contributed by atoms with Crippen LogP contribution in [0.2, 0.25) is 0 Å². The van der Waals surface area contributed by atoms with Crippen molar-refractivity contribution in [2.24, 2.45) is 0 Å². The first-order chi connectivity index (χ1) is 42.8. The van der Waals surface area contributed by atoms with Crippen molar-refractivity contribution in [3.05, 3.63) is 83.9 Å². The first-order valence-corrected chi connectivity index (χ1v) is 26.9. The van der Waals surface area contributed by atoms with Crippen molar-refractivity contribution < 1.29 is 157 Å². The first-order valence-electron chi connectivity index (χ1n) is 26.9. The van der Waals surface area contributed by atoms with Gasteiger partial charge < -0.3 is 133 Å². The molecule has 3 aliphatic rings. The Labute approximate surface area is 507 Å². The molecule has 3 saturated heterocycles. The number of aliphatic hydroxyl groups excluding tert-OH is 9. The normalized spacial score (nSPS) is 26.7. The topological polar surface area (TPSA) is 483 Å². The smallest absolute Gasteiger partial charge is 0.402 e. The van der Waals surface area contributed by atoms with Crippen LogP contribution in [0.25, 0.3) is 34.4 Å². The largest absolute Gasteiger partial charge is 0.507 e. The second-order valence-electron chi connectivity index (χ2n) is 20.1. The summed E-state index contributed by atoms with van der Waals surface area (Å²) >= 11 is 0. The number of esters is 3. The molecule has 4 aromatic carbocycles. The Morgan fingerprint density at radius 2 is 0.900 bits per heavy atom. The van der Waals surface area contributed by atoms with Gasteiger partial charge >= 0.3 is 35.2 Å². The molecule has 5 aromatic rings. The number of carboxylic acid groups (broad SMARTS) is 1. The fourth-order valence-electron chi connectivity index (χ4n) is 9.24. The quantitative estimate of drug-likeness (QED) is 0.0127. The third-order valence-corrected chi connectivity index (χ3v) is 14.1. The summed E-state index contributed by atoms with van der Waals surface area (Å²) in [6, 6.07) is 12.0. The van der Waals surface area contributed by atoms with Crippen LogP contribution in [0, 0.1) is 0 Å². The predicted octanol–water partition coefficient (Wildman–Crippen LogP) is -0.672. The molecule has 4 heterocycles. The summed E-state index contributed by atoms with van der Waals surface area (Å²) in [6.07, 6.45) is -25.2. The summed E-state index contributed by atoms with van der Waals surface area (Å²) in [6.45, 7) is -2.33. The Balaban J connectivity index is 1.06. The Morgan fingerprint density at radius 1 is 0.478 bits per heavy atom. The predicted molar refractivity (Wildman–Crippen MR) is 297 cm³/mol. The van der Waals surface area contributed by atoms with E-state index in [2.05, 4.69) is 0 Å². The van der Waals surface area contributed by atoms with Gasteiger partial charge in [0.1, 0.15) is 116 Å². The number of fused-ring (bicyclic) bond motifs is 1. The third kappa shape index (κ3) is 15.3. The van der Waals surface area contributed by atoms with Gasteiger partial charge in [0, 0.05) is 30.4 Å². The number of hydrogen-bond donors (Lipinski definition) is 14. The van der Waals surface area contributed by atoms with Crippen LogP contribution in [-0.4, -0.2) is 236 Å². The van der Waals surface area contributed by atoms with Gasteiger partial charge in [-0.2, -0.15) is 0 Å². The number of carboxylic acids is 1. The van der Waals surface area contributed by atoms with Gasteiger partial charge in [-0.3, -0.25) is 9.59 Å². The number of carbonyl (C=O) groups excluding carboxylic acids is 3. The van der Waals surface area contributed by atoms with E-state index in [-0.39, 0.29) is 56.8 Å². The second kappa shape index (κ2) is 29.1. The third-order valence-electron chi connectivity index (χ3n) is 14.1. The van der Waals surface area contributed by atoms with E-state index in [9.17, 15) is 85.6 Å². The molecule has 6 unspecified atom stereocenters. The molecule has 8 rings (SSSR count). The number of aliphatic carboxylic acids is 1. The van der Waals surface area contributed by atoms with Crippen LogP contribution in [0.3, 0.4) is 0 Å². The lowest BCUT2D eigenvalue weighted by atomic mass is 9.99. The van der Waals surface area contributed by atoms with E-state index in [0.717, 1.165) is 42.5 Å². The molecule has 32 nitrogen and oxygen atoms in total. The minimum atomic E-state index is -2.11. The van der Waals surface area contributed by atoms with Gasteiger partial charge in [-0.15, -0.1) is 0 Å². The minimum absolute atomic E-state index is 0.0281. The molecule has 0 radical (unpaired) electrons. The molecule has 90 heavy (non-hydrogen) atoms. The molecule has 3 aliphatic heterocycles. The molecule has 0 aliphatic carbocycles. The van der Waals surface area contributed by atoms with Crippen molar-refractivity contribution in [3.8, 4) is 74.6 Å². The minimum Gasteiger partial charge on any atom is -0.507 e. The van der Waals surface area contributed by atoms with E-state index in [0.29, 0.717) is 11.1 Å². The molecule has 486 valence electrons. The SMILES string of the molecule is COc1cc(/C=C/C(=O)OCC2O[C@@H](Oc3cc(O)c4cc(O[C@@H]5O[C@H](COC(=O)CC(=O)O)[C@@H](O)C(O)C5O)c(-c5ccc(O)c(O[C@@H]6O[C@H](COC(=O)/C=C/c7cc(OC)c(O)c(OC)c7)[C@@H](O)C(O)C6O)c5)[o+]c4c3)C(O)[C@@H](O)[C@@H]2O)cc(OC)c1O. The van der Waals surface area contributed by atoms with Gasteiger partial charge in [-0.25, -0.2) is 14.0 Å². The molecule has 0 spiro atoms. The highest BCUT2D eigenvalue weighted by Crippen LogP contribution is 2.45. The van der Waals surface area contributed by atoms with Gasteiger partial charge in [0.2, 0.25) is 36.1 Å². The maximum Gasteiger partial charge on any atom is 0.402 e. The van der Waals surface area contributed by atoms with Crippen LogP contribution in [0.4, 0.5) is 0 Å². The monoisotopic (exact) mass is 1270 g/mol. The standard InChI is InChI=1S/C58H62O32/c1-77-32-11-23(12-33(78-2)44(32)66)5-9-41(63)81-20-37-46(68)49(71)52(74)56(88-37)84-26-16-29(60)27-18-36(87-58-54(76)51(73)48(70)39(90-58)22-83-43(65)19-40(61)62)55(85-30(27)17-26)25-7-8-28(59)31(15-25)86-57-53(75)50(72)47(69)38(89-57)21-82-42(64)10-6-24-13-34(79-3)45(67)35(14-24)80-4/h5-18,37-39,46-54,56-58,68-76H,19-22H2,1-4H3,(H4-,59,60,61,62,63,64,66,67)/p+1/t37?,38-,39-,46-,47-,48-,49+,50?,51?,52?,53?,54?,56-,57-,58-/m1/s1. The molecular formula is C58H63O32+. The molecule has 0 amide bonds.